The molecule has 0 aliphatic rings. The van der Waals surface area contributed by atoms with E-state index in [-0.39, 0.29) is 12.2 Å². The van der Waals surface area contributed by atoms with Gasteiger partial charge in [0.25, 0.3) is 0 Å². The first kappa shape index (κ1) is 22.2. The van der Waals surface area contributed by atoms with Crippen molar-refractivity contribution in [1.29, 1.82) is 5.26 Å². The van der Waals surface area contributed by atoms with E-state index in [1.807, 2.05) is 6.07 Å². The fourth-order valence-corrected chi connectivity index (χ4v) is 3.14. The molecule has 156 valence electrons. The van der Waals surface area contributed by atoms with Gasteiger partial charge in [-0.2, -0.15) is 5.26 Å². The molecule has 0 saturated carbocycles. The monoisotopic (exact) mass is 453 g/mol. The van der Waals surface area contributed by atoms with Crippen molar-refractivity contribution >= 4 is 40.8 Å². The molecule has 0 atom stereocenters. The molecule has 0 fully saturated rings. The highest BCUT2D eigenvalue weighted by molar-refractivity contribution is 6.42. The molecule has 3 rings (SSSR count). The largest absolute Gasteiger partial charge is 0.493 e. The molecule has 3 aromatic carbocycles. The van der Waals surface area contributed by atoms with E-state index in [0.717, 1.165) is 11.1 Å². The Bertz CT molecular complexity index is 1180. The van der Waals surface area contributed by atoms with Crippen LogP contribution in [0.2, 0.25) is 10.0 Å². The summed E-state index contributed by atoms with van der Waals surface area (Å²) in [7, 11) is 1.53. The van der Waals surface area contributed by atoms with Gasteiger partial charge in [-0.1, -0.05) is 47.5 Å². The quantitative estimate of drug-likeness (QED) is 0.333. The Morgan fingerprint density at radius 1 is 1.00 bits per heavy atom. The molecular weight excluding hydrogens is 437 g/mol. The average Bonchev–Trinajstić information content (AvgIpc) is 2.78. The number of carbonyl (C=O) groups is 1. The second-order valence-electron chi connectivity index (χ2n) is 6.50. The molecule has 0 unspecified atom stereocenters. The molecule has 3 aromatic rings. The van der Waals surface area contributed by atoms with E-state index in [0.29, 0.717) is 32.7 Å². The van der Waals surface area contributed by atoms with Gasteiger partial charge in [-0.25, -0.2) is 4.79 Å². The number of hydrogen-bond donors (Lipinski definition) is 1. The average molecular weight is 454 g/mol. The van der Waals surface area contributed by atoms with Gasteiger partial charge < -0.3 is 14.6 Å². The maximum atomic E-state index is 11.0. The number of halogens is 2. The molecule has 5 nitrogen and oxygen atoms in total. The number of carboxylic acids is 1. The minimum absolute atomic E-state index is 0.159. The zero-order chi connectivity index (χ0) is 22.4. The van der Waals surface area contributed by atoms with Crippen molar-refractivity contribution in [1.82, 2.24) is 0 Å². The molecule has 0 radical (unpaired) electrons. The number of ether oxygens (including phenoxy) is 2. The molecule has 7 heteroatoms. The molecule has 0 aromatic heterocycles. The van der Waals surface area contributed by atoms with E-state index in [1.165, 1.54) is 19.2 Å². The number of rotatable bonds is 7. The molecule has 1 N–H and O–H groups in total. The molecule has 31 heavy (non-hydrogen) atoms. The summed E-state index contributed by atoms with van der Waals surface area (Å²) in [6, 6.07) is 18.9. The fourth-order valence-electron chi connectivity index (χ4n) is 2.82. The van der Waals surface area contributed by atoms with Crippen molar-refractivity contribution in [3.8, 4) is 17.6 Å². The van der Waals surface area contributed by atoms with Crippen LogP contribution >= 0.6 is 23.2 Å². The highest BCUT2D eigenvalue weighted by Crippen LogP contribution is 2.31. The van der Waals surface area contributed by atoms with Crippen LogP contribution in [0.3, 0.4) is 0 Å². The molecule has 0 bridgehead atoms. The van der Waals surface area contributed by atoms with Gasteiger partial charge in [-0.3, -0.25) is 0 Å². The van der Waals surface area contributed by atoms with Gasteiger partial charge in [0.05, 0.1) is 34.4 Å². The Kier molecular flexibility index (Phi) is 7.19. The van der Waals surface area contributed by atoms with Gasteiger partial charge in [0, 0.05) is 0 Å². The van der Waals surface area contributed by atoms with Crippen LogP contribution in [-0.4, -0.2) is 18.2 Å². The molecule has 0 amide bonds. The smallest absolute Gasteiger partial charge is 0.335 e. The van der Waals surface area contributed by atoms with Crippen molar-refractivity contribution < 1.29 is 19.4 Å². The van der Waals surface area contributed by atoms with Crippen LogP contribution in [0.5, 0.6) is 11.5 Å². The highest BCUT2D eigenvalue weighted by Gasteiger charge is 2.09. The Morgan fingerprint density at radius 2 is 1.71 bits per heavy atom. The maximum absolute atomic E-state index is 11.0. The van der Waals surface area contributed by atoms with Gasteiger partial charge in [0.2, 0.25) is 0 Å². The summed E-state index contributed by atoms with van der Waals surface area (Å²) in [6.45, 7) is 0.280. The molecule has 0 aliphatic carbocycles. The number of aromatic carboxylic acids is 1. The van der Waals surface area contributed by atoms with Crippen LogP contribution in [-0.2, 0) is 6.61 Å². The highest BCUT2D eigenvalue weighted by atomic mass is 35.5. The first-order valence-corrected chi connectivity index (χ1v) is 9.87. The van der Waals surface area contributed by atoms with E-state index < -0.39 is 5.97 Å². The number of nitriles is 1. The topological polar surface area (TPSA) is 79.5 Å². The third-order valence-electron chi connectivity index (χ3n) is 4.44. The van der Waals surface area contributed by atoms with Crippen molar-refractivity contribution in [2.45, 2.75) is 6.61 Å². The van der Waals surface area contributed by atoms with Crippen LogP contribution in [0.1, 0.15) is 27.0 Å². The molecular formula is C24H17Cl2NO4. The zero-order valence-electron chi connectivity index (χ0n) is 16.4. The fraction of sp³-hybridized carbons (Fsp3) is 0.0833. The predicted molar refractivity (Wildman–Crippen MR) is 121 cm³/mol. The van der Waals surface area contributed by atoms with E-state index in [1.54, 1.807) is 48.5 Å². The number of benzene rings is 3. The van der Waals surface area contributed by atoms with Crippen LogP contribution in [0, 0.1) is 11.3 Å². The first-order chi connectivity index (χ1) is 14.9. The lowest BCUT2D eigenvalue weighted by Crippen LogP contribution is -1.98. The normalized spacial score (nSPS) is 11.0. The Balaban J connectivity index is 1.81. The number of nitrogens with zero attached hydrogens (tertiary/aromatic N) is 1. The second-order valence-corrected chi connectivity index (χ2v) is 7.31. The molecule has 0 saturated heterocycles. The van der Waals surface area contributed by atoms with Gasteiger partial charge in [0.15, 0.2) is 11.5 Å². The van der Waals surface area contributed by atoms with E-state index >= 15 is 0 Å². The van der Waals surface area contributed by atoms with Crippen molar-refractivity contribution in [2.24, 2.45) is 0 Å². The van der Waals surface area contributed by atoms with Gasteiger partial charge >= 0.3 is 5.97 Å². The third-order valence-corrected chi connectivity index (χ3v) is 5.18. The molecule has 0 spiro atoms. The van der Waals surface area contributed by atoms with E-state index in [4.69, 9.17) is 37.8 Å². The Labute approximate surface area is 189 Å². The number of carboxylic acid groups (broad SMARTS) is 1. The van der Waals surface area contributed by atoms with Crippen LogP contribution in [0.4, 0.5) is 0 Å². The van der Waals surface area contributed by atoms with Crippen LogP contribution < -0.4 is 9.47 Å². The zero-order valence-corrected chi connectivity index (χ0v) is 17.9. The van der Waals surface area contributed by atoms with Gasteiger partial charge in [-0.05, 0) is 59.2 Å². The SMILES string of the molecule is COc1cc(/C=C(\C#N)c2ccc(C(=O)O)cc2)ccc1OCc1ccc(Cl)c(Cl)c1. The summed E-state index contributed by atoms with van der Waals surface area (Å²) in [6.07, 6.45) is 1.70. The minimum Gasteiger partial charge on any atom is -0.493 e. The van der Waals surface area contributed by atoms with Crippen molar-refractivity contribution in [2.75, 3.05) is 7.11 Å². The van der Waals surface area contributed by atoms with E-state index in [9.17, 15) is 10.1 Å². The summed E-state index contributed by atoms with van der Waals surface area (Å²) < 4.78 is 11.3. The van der Waals surface area contributed by atoms with Crippen molar-refractivity contribution in [3.05, 3.63) is 93.0 Å². The Hall–Kier alpha value is -3.46. The summed E-state index contributed by atoms with van der Waals surface area (Å²) in [5, 5.41) is 19.5. The first-order valence-electron chi connectivity index (χ1n) is 9.11. The van der Waals surface area contributed by atoms with E-state index in [2.05, 4.69) is 6.07 Å². The third kappa shape index (κ3) is 5.58. The van der Waals surface area contributed by atoms with Crippen LogP contribution in [0.15, 0.2) is 60.7 Å². The molecule has 0 heterocycles. The summed E-state index contributed by atoms with van der Waals surface area (Å²) in [5.74, 6) is 0.0256. The maximum Gasteiger partial charge on any atom is 0.335 e. The van der Waals surface area contributed by atoms with Gasteiger partial charge in [-0.15, -0.1) is 0 Å². The van der Waals surface area contributed by atoms with Gasteiger partial charge in [0.1, 0.15) is 6.61 Å². The number of hydrogen-bond acceptors (Lipinski definition) is 4. The predicted octanol–water partition coefficient (Wildman–Crippen LogP) is 6.34. The standard InChI is InChI=1S/C24H17Cl2NO4/c1-30-23-12-15(10-19(13-27)17-4-6-18(7-5-17)24(28)29)3-9-22(23)31-14-16-2-8-20(25)21(26)11-16/h2-12H,14H2,1H3,(H,28,29)/b19-10+. The lowest BCUT2D eigenvalue weighted by Gasteiger charge is -2.12. The summed E-state index contributed by atoms with van der Waals surface area (Å²) >= 11 is 12.0. The van der Waals surface area contributed by atoms with Crippen molar-refractivity contribution in [3.63, 3.8) is 0 Å². The lowest BCUT2D eigenvalue weighted by atomic mass is 10.0. The summed E-state index contributed by atoms with van der Waals surface area (Å²) in [5.41, 5.74) is 2.76. The lowest BCUT2D eigenvalue weighted by molar-refractivity contribution is 0.0697. The minimum atomic E-state index is -1.02. The van der Waals surface area contributed by atoms with Crippen LogP contribution in [0.25, 0.3) is 11.6 Å². The second kappa shape index (κ2) is 10.0. The summed E-state index contributed by atoms with van der Waals surface area (Å²) in [4.78, 5) is 11.0. The number of methoxy groups -OCH3 is 1. The molecule has 0 aliphatic heterocycles. The number of allylic oxidation sites excluding steroid dienone is 1. The Morgan fingerprint density at radius 3 is 2.32 bits per heavy atom.